The molecule has 2 N–H and O–H groups in total. The quantitative estimate of drug-likeness (QED) is 0.820. The van der Waals surface area contributed by atoms with E-state index in [2.05, 4.69) is 10.6 Å². The number of piperazine rings is 1. The Balaban J connectivity index is 1.89. The van der Waals surface area contributed by atoms with Crippen molar-refractivity contribution in [2.24, 2.45) is 0 Å². The number of carbonyl (C=O) groups excluding carboxylic acids is 2. The third kappa shape index (κ3) is 3.91. The molecule has 1 aliphatic rings. The van der Waals surface area contributed by atoms with E-state index >= 15 is 0 Å². The Morgan fingerprint density at radius 1 is 1.38 bits per heavy atom. The number of rotatable bonds is 4. The van der Waals surface area contributed by atoms with Crippen molar-refractivity contribution >= 4 is 11.8 Å². The van der Waals surface area contributed by atoms with Crippen molar-refractivity contribution in [3.63, 3.8) is 0 Å². The van der Waals surface area contributed by atoms with Gasteiger partial charge in [-0.15, -0.1) is 0 Å². The summed E-state index contributed by atoms with van der Waals surface area (Å²) < 4.78 is 18.3. The zero-order valence-corrected chi connectivity index (χ0v) is 11.8. The summed E-state index contributed by atoms with van der Waals surface area (Å²) in [5.41, 5.74) is 0.154. The lowest BCUT2D eigenvalue weighted by Gasteiger charge is -2.27. The van der Waals surface area contributed by atoms with Gasteiger partial charge in [-0.2, -0.15) is 0 Å². The predicted octanol–water partition coefficient (Wildman–Crippen LogP) is -0.00410. The molecule has 2 amide bonds. The Labute approximate surface area is 122 Å². The third-order valence-electron chi connectivity index (χ3n) is 3.28. The van der Waals surface area contributed by atoms with Crippen LogP contribution in [-0.4, -0.2) is 56.5 Å². The molecule has 6 nitrogen and oxygen atoms in total. The maximum Gasteiger partial charge on any atom is 0.251 e. The van der Waals surface area contributed by atoms with Crippen LogP contribution in [0.3, 0.4) is 0 Å². The van der Waals surface area contributed by atoms with Crippen LogP contribution in [0.4, 0.5) is 4.39 Å². The van der Waals surface area contributed by atoms with E-state index in [-0.39, 0.29) is 23.8 Å². The predicted molar refractivity (Wildman–Crippen MR) is 74.7 cm³/mol. The van der Waals surface area contributed by atoms with Crippen molar-refractivity contribution in [2.75, 3.05) is 39.8 Å². The van der Waals surface area contributed by atoms with Crippen LogP contribution < -0.4 is 15.4 Å². The molecular weight excluding hydrogens is 277 g/mol. The molecular formula is C14H18FN3O3. The van der Waals surface area contributed by atoms with E-state index in [1.165, 1.54) is 19.2 Å². The molecule has 2 rings (SSSR count). The first-order valence-electron chi connectivity index (χ1n) is 6.72. The van der Waals surface area contributed by atoms with Gasteiger partial charge in [-0.3, -0.25) is 9.59 Å². The van der Waals surface area contributed by atoms with Crippen LogP contribution in [0, 0.1) is 5.82 Å². The highest BCUT2D eigenvalue weighted by molar-refractivity contribution is 5.96. The average molecular weight is 295 g/mol. The second-order valence-electron chi connectivity index (χ2n) is 4.66. The first kappa shape index (κ1) is 15.2. The number of nitrogens with zero attached hydrogens (tertiary/aromatic N) is 1. The normalized spacial score (nSPS) is 14.7. The van der Waals surface area contributed by atoms with Crippen molar-refractivity contribution in [3.05, 3.63) is 29.6 Å². The molecule has 1 aromatic rings. The van der Waals surface area contributed by atoms with Gasteiger partial charge in [0, 0.05) is 31.7 Å². The van der Waals surface area contributed by atoms with Gasteiger partial charge < -0.3 is 20.3 Å². The Kier molecular flexibility index (Phi) is 5.10. The van der Waals surface area contributed by atoms with E-state index in [1.54, 1.807) is 4.90 Å². The maximum atomic E-state index is 13.5. The Morgan fingerprint density at radius 2 is 2.10 bits per heavy atom. The van der Waals surface area contributed by atoms with Crippen molar-refractivity contribution in [1.29, 1.82) is 0 Å². The molecule has 21 heavy (non-hydrogen) atoms. The number of nitrogens with one attached hydrogen (secondary N) is 2. The molecule has 0 unspecified atom stereocenters. The number of hydrogen-bond acceptors (Lipinski definition) is 4. The van der Waals surface area contributed by atoms with E-state index in [0.717, 1.165) is 19.2 Å². The number of methoxy groups -OCH3 is 1. The zero-order chi connectivity index (χ0) is 15.2. The smallest absolute Gasteiger partial charge is 0.251 e. The maximum absolute atomic E-state index is 13.5. The standard InChI is InChI=1S/C14H18FN3O3/c1-21-12-3-2-10(8-11(12)15)14(20)17-9-13(19)18-6-4-16-5-7-18/h2-3,8,16H,4-7,9H2,1H3,(H,17,20). The van der Waals surface area contributed by atoms with Crippen LogP contribution in [-0.2, 0) is 4.79 Å². The molecule has 0 bridgehead atoms. The lowest BCUT2D eigenvalue weighted by molar-refractivity contribution is -0.130. The average Bonchev–Trinajstić information content (AvgIpc) is 2.53. The zero-order valence-electron chi connectivity index (χ0n) is 11.8. The number of amides is 2. The second-order valence-corrected chi connectivity index (χ2v) is 4.66. The van der Waals surface area contributed by atoms with Crippen LogP contribution in [0.5, 0.6) is 5.75 Å². The molecule has 0 spiro atoms. The van der Waals surface area contributed by atoms with Crippen LogP contribution >= 0.6 is 0 Å². The van der Waals surface area contributed by atoms with E-state index in [1.807, 2.05) is 0 Å². The summed E-state index contributed by atoms with van der Waals surface area (Å²) in [7, 11) is 1.35. The fourth-order valence-corrected chi connectivity index (χ4v) is 2.09. The minimum Gasteiger partial charge on any atom is -0.494 e. The lowest BCUT2D eigenvalue weighted by Crippen LogP contribution is -2.49. The number of halogens is 1. The fourth-order valence-electron chi connectivity index (χ4n) is 2.09. The van der Waals surface area contributed by atoms with Gasteiger partial charge in [0.1, 0.15) is 0 Å². The van der Waals surface area contributed by atoms with Crippen molar-refractivity contribution in [1.82, 2.24) is 15.5 Å². The molecule has 1 fully saturated rings. The van der Waals surface area contributed by atoms with E-state index in [4.69, 9.17) is 4.74 Å². The number of hydrogen-bond donors (Lipinski definition) is 2. The van der Waals surface area contributed by atoms with Crippen molar-refractivity contribution in [2.45, 2.75) is 0 Å². The van der Waals surface area contributed by atoms with Crippen LogP contribution in [0.2, 0.25) is 0 Å². The van der Waals surface area contributed by atoms with E-state index in [9.17, 15) is 14.0 Å². The van der Waals surface area contributed by atoms with Gasteiger partial charge in [0.25, 0.3) is 5.91 Å². The number of benzene rings is 1. The summed E-state index contributed by atoms with van der Waals surface area (Å²) in [5.74, 6) is -1.17. The molecule has 0 aromatic heterocycles. The molecule has 1 aliphatic heterocycles. The molecule has 7 heteroatoms. The van der Waals surface area contributed by atoms with Gasteiger partial charge in [0.05, 0.1) is 13.7 Å². The monoisotopic (exact) mass is 295 g/mol. The van der Waals surface area contributed by atoms with Crippen molar-refractivity contribution in [3.8, 4) is 5.75 Å². The van der Waals surface area contributed by atoms with E-state index in [0.29, 0.717) is 13.1 Å². The van der Waals surface area contributed by atoms with Gasteiger partial charge in [-0.25, -0.2) is 4.39 Å². The molecule has 1 saturated heterocycles. The number of carbonyl (C=O) groups is 2. The lowest BCUT2D eigenvalue weighted by atomic mass is 10.2. The highest BCUT2D eigenvalue weighted by Gasteiger charge is 2.17. The summed E-state index contributed by atoms with van der Waals surface area (Å²) in [6, 6.07) is 3.92. The summed E-state index contributed by atoms with van der Waals surface area (Å²) >= 11 is 0. The minimum absolute atomic E-state index is 0.0726. The van der Waals surface area contributed by atoms with Crippen LogP contribution in [0.15, 0.2) is 18.2 Å². The largest absolute Gasteiger partial charge is 0.494 e. The minimum atomic E-state index is -0.612. The summed E-state index contributed by atoms with van der Waals surface area (Å²) in [6.07, 6.45) is 0. The van der Waals surface area contributed by atoms with Gasteiger partial charge in [-0.05, 0) is 18.2 Å². The molecule has 1 aromatic carbocycles. The Bertz CT molecular complexity index is 530. The first-order valence-corrected chi connectivity index (χ1v) is 6.72. The van der Waals surface area contributed by atoms with Crippen LogP contribution in [0.25, 0.3) is 0 Å². The molecule has 114 valence electrons. The Hall–Kier alpha value is -2.15. The topological polar surface area (TPSA) is 70.7 Å². The number of ether oxygens (including phenoxy) is 1. The summed E-state index contributed by atoms with van der Waals surface area (Å²) in [4.78, 5) is 25.5. The third-order valence-corrected chi connectivity index (χ3v) is 3.28. The van der Waals surface area contributed by atoms with Crippen molar-refractivity contribution < 1.29 is 18.7 Å². The molecule has 0 radical (unpaired) electrons. The molecule has 0 aliphatic carbocycles. The van der Waals surface area contributed by atoms with Gasteiger partial charge >= 0.3 is 0 Å². The van der Waals surface area contributed by atoms with E-state index < -0.39 is 11.7 Å². The van der Waals surface area contributed by atoms with Gasteiger partial charge in [0.15, 0.2) is 11.6 Å². The fraction of sp³-hybridized carbons (Fsp3) is 0.429. The van der Waals surface area contributed by atoms with Gasteiger partial charge in [-0.1, -0.05) is 0 Å². The molecule has 0 saturated carbocycles. The molecule has 1 heterocycles. The highest BCUT2D eigenvalue weighted by Crippen LogP contribution is 2.17. The Morgan fingerprint density at radius 3 is 2.71 bits per heavy atom. The molecule has 0 atom stereocenters. The highest BCUT2D eigenvalue weighted by atomic mass is 19.1. The second kappa shape index (κ2) is 7.03. The summed E-state index contributed by atoms with van der Waals surface area (Å²) in [5, 5.41) is 5.65. The summed E-state index contributed by atoms with van der Waals surface area (Å²) in [6.45, 7) is 2.68. The first-order chi connectivity index (χ1) is 10.1. The van der Waals surface area contributed by atoms with Gasteiger partial charge in [0.2, 0.25) is 5.91 Å². The van der Waals surface area contributed by atoms with Crippen LogP contribution in [0.1, 0.15) is 10.4 Å². The SMILES string of the molecule is COc1ccc(C(=O)NCC(=O)N2CCNCC2)cc1F.